The molecule has 2 rings (SSSR count). The van der Waals surface area contributed by atoms with Crippen molar-refractivity contribution in [3.8, 4) is 11.8 Å². The number of nitrogens with zero attached hydrogens (tertiary/aromatic N) is 1. The number of aromatic nitrogens is 1. The van der Waals surface area contributed by atoms with E-state index in [1.807, 2.05) is 19.1 Å². The summed E-state index contributed by atoms with van der Waals surface area (Å²) < 4.78 is 0. The zero-order valence-corrected chi connectivity index (χ0v) is 11.8. The van der Waals surface area contributed by atoms with Gasteiger partial charge >= 0.3 is 0 Å². The number of amides is 1. The van der Waals surface area contributed by atoms with E-state index in [9.17, 15) is 4.79 Å². The first-order valence-corrected chi connectivity index (χ1v) is 6.62. The van der Waals surface area contributed by atoms with E-state index in [-0.39, 0.29) is 12.5 Å². The Labute approximate surface area is 123 Å². The number of hydrogen-bond donors (Lipinski definition) is 2. The highest BCUT2D eigenvalue weighted by molar-refractivity contribution is 6.05. The van der Waals surface area contributed by atoms with Crippen molar-refractivity contribution in [2.45, 2.75) is 13.3 Å². The van der Waals surface area contributed by atoms with Crippen molar-refractivity contribution in [3.05, 3.63) is 59.4 Å². The fourth-order valence-electron chi connectivity index (χ4n) is 1.80. The fourth-order valence-corrected chi connectivity index (χ4v) is 1.80. The lowest BCUT2D eigenvalue weighted by Gasteiger charge is -2.08. The zero-order valence-electron chi connectivity index (χ0n) is 11.8. The second-order valence-electron chi connectivity index (χ2n) is 4.50. The summed E-state index contributed by atoms with van der Waals surface area (Å²) >= 11 is 0. The average Bonchev–Trinajstić information content (AvgIpc) is 2.50. The van der Waals surface area contributed by atoms with Gasteiger partial charge in [0.1, 0.15) is 0 Å². The summed E-state index contributed by atoms with van der Waals surface area (Å²) in [5.74, 6) is 5.60. The van der Waals surface area contributed by atoms with Crippen LogP contribution in [0.4, 0.5) is 5.69 Å². The molecule has 1 aromatic carbocycles. The summed E-state index contributed by atoms with van der Waals surface area (Å²) in [5.41, 5.74) is 2.93. The van der Waals surface area contributed by atoms with Gasteiger partial charge in [0.05, 0.1) is 6.61 Å². The second-order valence-corrected chi connectivity index (χ2v) is 4.50. The van der Waals surface area contributed by atoms with E-state index in [0.29, 0.717) is 17.7 Å². The third kappa shape index (κ3) is 4.16. The lowest BCUT2D eigenvalue weighted by atomic mass is 10.0. The molecule has 1 aromatic heterocycles. The van der Waals surface area contributed by atoms with Crippen molar-refractivity contribution in [3.63, 3.8) is 0 Å². The summed E-state index contributed by atoms with van der Waals surface area (Å²) in [6.45, 7) is 1.92. The highest BCUT2D eigenvalue weighted by Gasteiger charge is 2.09. The van der Waals surface area contributed by atoms with Crippen molar-refractivity contribution < 1.29 is 9.90 Å². The molecule has 0 spiro atoms. The number of anilines is 1. The van der Waals surface area contributed by atoms with E-state index in [1.165, 1.54) is 0 Å². The molecular formula is C17H16N2O2. The van der Waals surface area contributed by atoms with Gasteiger partial charge in [-0.05, 0) is 36.8 Å². The van der Waals surface area contributed by atoms with Crippen LogP contribution in [0.5, 0.6) is 0 Å². The van der Waals surface area contributed by atoms with Crippen molar-refractivity contribution in [2.75, 3.05) is 11.9 Å². The first kappa shape index (κ1) is 14.8. The van der Waals surface area contributed by atoms with Crippen LogP contribution in [-0.2, 0) is 0 Å². The Morgan fingerprint density at radius 3 is 2.76 bits per heavy atom. The molecule has 0 bridgehead atoms. The fraction of sp³-hybridized carbons (Fsp3) is 0.176. The Kier molecular flexibility index (Phi) is 5.08. The highest BCUT2D eigenvalue weighted by Crippen LogP contribution is 2.13. The molecule has 0 radical (unpaired) electrons. The largest absolute Gasteiger partial charge is 0.395 e. The number of hydrogen-bond acceptors (Lipinski definition) is 3. The molecule has 1 amide bonds. The molecule has 0 saturated carbocycles. The smallest absolute Gasteiger partial charge is 0.255 e. The summed E-state index contributed by atoms with van der Waals surface area (Å²) in [5, 5.41) is 11.5. The van der Waals surface area contributed by atoms with Gasteiger partial charge in [-0.15, -0.1) is 0 Å². The average molecular weight is 280 g/mol. The monoisotopic (exact) mass is 280 g/mol. The molecule has 21 heavy (non-hydrogen) atoms. The molecule has 0 saturated heterocycles. The first-order valence-electron chi connectivity index (χ1n) is 6.62. The van der Waals surface area contributed by atoms with Crippen LogP contribution in [0.2, 0.25) is 0 Å². The van der Waals surface area contributed by atoms with Gasteiger partial charge in [-0.3, -0.25) is 9.78 Å². The van der Waals surface area contributed by atoms with E-state index < -0.39 is 0 Å². The molecule has 2 N–H and O–H groups in total. The number of carbonyl (C=O) groups excluding carboxylic acids is 1. The molecule has 4 nitrogen and oxygen atoms in total. The third-order valence-electron chi connectivity index (χ3n) is 2.89. The van der Waals surface area contributed by atoms with Crippen LogP contribution in [0, 0.1) is 18.8 Å². The predicted octanol–water partition coefficient (Wildman–Crippen LogP) is 2.38. The van der Waals surface area contributed by atoms with Crippen LogP contribution in [0.25, 0.3) is 0 Å². The molecule has 1 heterocycles. The standard InChI is InChI=1S/C17H16N2O2/c1-13-5-6-14(4-2-3-11-20)12-16(13)17(21)19-15-7-9-18-10-8-15/h5-10,12,20H,3,11H2,1H3,(H,18,19,21). The van der Waals surface area contributed by atoms with Crippen molar-refractivity contribution in [1.82, 2.24) is 4.98 Å². The van der Waals surface area contributed by atoms with Gasteiger partial charge in [-0.1, -0.05) is 17.9 Å². The second kappa shape index (κ2) is 7.22. The van der Waals surface area contributed by atoms with Gasteiger partial charge < -0.3 is 10.4 Å². The number of rotatable bonds is 3. The van der Waals surface area contributed by atoms with Gasteiger partial charge in [0, 0.05) is 35.6 Å². The summed E-state index contributed by atoms with van der Waals surface area (Å²) in [6.07, 6.45) is 3.67. The Hall–Kier alpha value is -2.64. The van der Waals surface area contributed by atoms with Gasteiger partial charge in [0.15, 0.2) is 0 Å². The highest BCUT2D eigenvalue weighted by atomic mass is 16.2. The molecule has 0 aliphatic heterocycles. The maximum absolute atomic E-state index is 12.3. The minimum Gasteiger partial charge on any atom is -0.395 e. The number of carbonyl (C=O) groups is 1. The molecule has 0 aliphatic rings. The molecule has 0 unspecified atom stereocenters. The van der Waals surface area contributed by atoms with Crippen LogP contribution in [0.1, 0.15) is 27.9 Å². The number of aliphatic hydroxyl groups excluding tert-OH is 1. The number of aryl methyl sites for hydroxylation is 1. The predicted molar refractivity (Wildman–Crippen MR) is 82.0 cm³/mol. The van der Waals surface area contributed by atoms with Gasteiger partial charge in [-0.2, -0.15) is 0 Å². The minimum atomic E-state index is -0.176. The summed E-state index contributed by atoms with van der Waals surface area (Å²) in [7, 11) is 0. The molecule has 4 heteroatoms. The van der Waals surface area contributed by atoms with E-state index in [0.717, 1.165) is 11.1 Å². The van der Waals surface area contributed by atoms with Crippen molar-refractivity contribution >= 4 is 11.6 Å². The van der Waals surface area contributed by atoms with E-state index in [1.54, 1.807) is 30.6 Å². The number of nitrogens with one attached hydrogen (secondary N) is 1. The first-order chi connectivity index (χ1) is 10.2. The zero-order chi connectivity index (χ0) is 15.1. The molecular weight excluding hydrogens is 264 g/mol. The maximum Gasteiger partial charge on any atom is 0.255 e. The molecule has 0 aliphatic carbocycles. The molecule has 0 fully saturated rings. The SMILES string of the molecule is Cc1ccc(C#CCCO)cc1C(=O)Nc1ccncc1. The normalized spacial score (nSPS) is 9.62. The van der Waals surface area contributed by atoms with Gasteiger partial charge in [0.2, 0.25) is 0 Å². The van der Waals surface area contributed by atoms with Gasteiger partial charge in [-0.25, -0.2) is 0 Å². The third-order valence-corrected chi connectivity index (χ3v) is 2.89. The number of benzene rings is 1. The van der Waals surface area contributed by atoms with Gasteiger partial charge in [0.25, 0.3) is 5.91 Å². The summed E-state index contributed by atoms with van der Waals surface area (Å²) in [6, 6.07) is 8.96. The quantitative estimate of drug-likeness (QED) is 0.849. The number of pyridine rings is 1. The lowest BCUT2D eigenvalue weighted by Crippen LogP contribution is -2.13. The van der Waals surface area contributed by atoms with Crippen LogP contribution in [0.3, 0.4) is 0 Å². The molecule has 106 valence electrons. The topological polar surface area (TPSA) is 62.2 Å². The molecule has 2 aromatic rings. The Bertz CT molecular complexity index is 685. The minimum absolute atomic E-state index is 0.0360. The van der Waals surface area contributed by atoms with Crippen molar-refractivity contribution in [1.29, 1.82) is 0 Å². The Morgan fingerprint density at radius 1 is 1.29 bits per heavy atom. The van der Waals surface area contributed by atoms with Crippen LogP contribution < -0.4 is 5.32 Å². The van der Waals surface area contributed by atoms with E-state index in [4.69, 9.17) is 5.11 Å². The Morgan fingerprint density at radius 2 is 2.05 bits per heavy atom. The van der Waals surface area contributed by atoms with Crippen LogP contribution in [0.15, 0.2) is 42.7 Å². The van der Waals surface area contributed by atoms with Crippen molar-refractivity contribution in [2.24, 2.45) is 0 Å². The maximum atomic E-state index is 12.3. The summed E-state index contributed by atoms with van der Waals surface area (Å²) in [4.78, 5) is 16.2. The molecule has 0 atom stereocenters. The Balaban J connectivity index is 2.20. The van der Waals surface area contributed by atoms with E-state index in [2.05, 4.69) is 22.1 Å². The number of aliphatic hydroxyl groups is 1. The van der Waals surface area contributed by atoms with E-state index >= 15 is 0 Å². The lowest BCUT2D eigenvalue weighted by molar-refractivity contribution is 0.102. The van der Waals surface area contributed by atoms with Crippen LogP contribution >= 0.6 is 0 Å². The van der Waals surface area contributed by atoms with Crippen LogP contribution in [-0.4, -0.2) is 22.6 Å².